The maximum atomic E-state index is 13.9. The molecule has 0 heterocycles. The Bertz CT molecular complexity index is 1270. The third kappa shape index (κ3) is 8.05. The van der Waals surface area contributed by atoms with E-state index in [1.165, 1.54) is 6.07 Å². The summed E-state index contributed by atoms with van der Waals surface area (Å²) >= 11 is 6.25. The number of carboxylic acid groups (broad SMARTS) is 1. The maximum absolute atomic E-state index is 13.9. The molecule has 3 rings (SSSR count). The summed E-state index contributed by atoms with van der Waals surface area (Å²) in [6, 6.07) is 15.4. The number of hydrogen-bond donors (Lipinski definition) is 2. The highest BCUT2D eigenvalue weighted by Gasteiger charge is 2.21. The van der Waals surface area contributed by atoms with Crippen LogP contribution >= 0.6 is 11.6 Å². The van der Waals surface area contributed by atoms with Crippen LogP contribution in [0.4, 0.5) is 4.39 Å². The van der Waals surface area contributed by atoms with E-state index in [-0.39, 0.29) is 43.1 Å². The number of aryl methyl sites for hydroxylation is 3. The Balaban J connectivity index is 1.89. The van der Waals surface area contributed by atoms with Crippen LogP contribution in [-0.2, 0) is 17.8 Å². The monoisotopic (exact) mass is 525 g/mol. The average Bonchev–Trinajstić information content (AvgIpc) is 2.84. The first-order chi connectivity index (χ1) is 17.5. The molecule has 0 fully saturated rings. The Morgan fingerprint density at radius 2 is 1.81 bits per heavy atom. The van der Waals surface area contributed by atoms with Crippen LogP contribution < -0.4 is 10.1 Å². The third-order valence-corrected chi connectivity index (χ3v) is 6.42. The molecule has 0 spiro atoms. The van der Waals surface area contributed by atoms with Gasteiger partial charge in [0.05, 0.1) is 11.1 Å². The number of hydrogen-bond acceptors (Lipinski definition) is 3. The first kappa shape index (κ1) is 28.2. The Morgan fingerprint density at radius 3 is 2.49 bits per heavy atom. The lowest BCUT2D eigenvalue weighted by atomic mass is 9.94. The maximum Gasteiger partial charge on any atom is 0.303 e. The third-order valence-electron chi connectivity index (χ3n) is 6.10. The van der Waals surface area contributed by atoms with Gasteiger partial charge in [-0.1, -0.05) is 55.8 Å². The van der Waals surface area contributed by atoms with Crippen molar-refractivity contribution < 1.29 is 23.8 Å². The largest absolute Gasteiger partial charge is 0.487 e. The molecule has 0 aromatic heterocycles. The van der Waals surface area contributed by atoms with E-state index in [1.54, 1.807) is 37.3 Å². The van der Waals surface area contributed by atoms with Gasteiger partial charge in [0.15, 0.2) is 0 Å². The minimum Gasteiger partial charge on any atom is -0.487 e. The Morgan fingerprint density at radius 1 is 1.05 bits per heavy atom. The molecule has 37 heavy (non-hydrogen) atoms. The predicted octanol–water partition coefficient (Wildman–Crippen LogP) is 7.21. The van der Waals surface area contributed by atoms with Gasteiger partial charge in [0.1, 0.15) is 18.2 Å². The molecule has 3 aromatic rings. The van der Waals surface area contributed by atoms with Gasteiger partial charge in [-0.2, -0.15) is 0 Å². The van der Waals surface area contributed by atoms with Crippen molar-refractivity contribution in [3.63, 3.8) is 0 Å². The van der Waals surface area contributed by atoms with E-state index >= 15 is 0 Å². The lowest BCUT2D eigenvalue weighted by Crippen LogP contribution is -2.30. The molecule has 0 radical (unpaired) electrons. The van der Waals surface area contributed by atoms with Gasteiger partial charge in [-0.15, -0.1) is 0 Å². The second-order valence-corrected chi connectivity index (χ2v) is 10.2. The van der Waals surface area contributed by atoms with E-state index in [0.29, 0.717) is 33.9 Å². The van der Waals surface area contributed by atoms with Gasteiger partial charge < -0.3 is 15.2 Å². The number of halogens is 2. The van der Waals surface area contributed by atoms with Gasteiger partial charge in [0.25, 0.3) is 5.91 Å². The van der Waals surface area contributed by atoms with E-state index in [1.807, 2.05) is 25.1 Å². The number of rotatable bonds is 11. The molecule has 1 unspecified atom stereocenters. The molecule has 3 aromatic carbocycles. The summed E-state index contributed by atoms with van der Waals surface area (Å²) in [4.78, 5) is 24.8. The Kier molecular flexibility index (Phi) is 9.70. The molecule has 1 atom stereocenters. The summed E-state index contributed by atoms with van der Waals surface area (Å²) in [7, 11) is 0. The zero-order chi connectivity index (χ0) is 27.1. The summed E-state index contributed by atoms with van der Waals surface area (Å²) in [5.74, 6) is -0.723. The first-order valence-corrected chi connectivity index (χ1v) is 12.7. The lowest BCUT2D eigenvalue weighted by Gasteiger charge is -2.23. The van der Waals surface area contributed by atoms with Gasteiger partial charge in [0, 0.05) is 12.0 Å². The summed E-state index contributed by atoms with van der Waals surface area (Å²) < 4.78 is 19.8. The summed E-state index contributed by atoms with van der Waals surface area (Å²) in [5, 5.41) is 12.8. The van der Waals surface area contributed by atoms with E-state index in [0.717, 1.165) is 16.7 Å². The van der Waals surface area contributed by atoms with Crippen molar-refractivity contribution >= 4 is 23.5 Å². The van der Waals surface area contributed by atoms with Crippen molar-refractivity contribution in [3.8, 4) is 5.75 Å². The molecule has 0 aliphatic heterocycles. The van der Waals surface area contributed by atoms with Crippen LogP contribution in [0.2, 0.25) is 5.02 Å². The van der Waals surface area contributed by atoms with Crippen molar-refractivity contribution in [1.29, 1.82) is 0 Å². The van der Waals surface area contributed by atoms with Crippen molar-refractivity contribution in [2.75, 3.05) is 0 Å². The first-order valence-electron chi connectivity index (χ1n) is 12.3. The van der Waals surface area contributed by atoms with Gasteiger partial charge in [-0.3, -0.25) is 9.59 Å². The highest BCUT2D eigenvalue weighted by Crippen LogP contribution is 2.27. The van der Waals surface area contributed by atoms with E-state index in [9.17, 15) is 19.1 Å². The van der Waals surface area contributed by atoms with E-state index in [4.69, 9.17) is 16.3 Å². The average molecular weight is 526 g/mol. The zero-order valence-electron chi connectivity index (χ0n) is 21.6. The van der Waals surface area contributed by atoms with Crippen LogP contribution in [0, 0.1) is 25.6 Å². The Hall–Kier alpha value is -3.38. The molecule has 0 aliphatic rings. The minimum atomic E-state index is -0.938. The highest BCUT2D eigenvalue weighted by atomic mass is 35.5. The molecule has 0 saturated carbocycles. The predicted molar refractivity (Wildman–Crippen MR) is 144 cm³/mol. The topological polar surface area (TPSA) is 75.6 Å². The van der Waals surface area contributed by atoms with Gasteiger partial charge in [-0.05, 0) is 84.7 Å². The van der Waals surface area contributed by atoms with Gasteiger partial charge in [0.2, 0.25) is 0 Å². The van der Waals surface area contributed by atoms with Crippen LogP contribution in [0.3, 0.4) is 0 Å². The number of benzene rings is 3. The SMILES string of the molecule is Cc1ccc(Cl)c(OCc2ccc(CCC(=O)O)c(C(=O)NC(CC(C)C)c3ccc(F)c(C)c3)c2)c1. The second-order valence-electron chi connectivity index (χ2n) is 9.77. The van der Waals surface area contributed by atoms with Crippen LogP contribution in [0.1, 0.15) is 70.9 Å². The van der Waals surface area contributed by atoms with E-state index in [2.05, 4.69) is 19.2 Å². The molecule has 196 valence electrons. The molecule has 0 aliphatic carbocycles. The smallest absolute Gasteiger partial charge is 0.303 e. The number of amides is 1. The van der Waals surface area contributed by atoms with Crippen LogP contribution in [-0.4, -0.2) is 17.0 Å². The number of carbonyl (C=O) groups is 2. The lowest BCUT2D eigenvalue weighted by molar-refractivity contribution is -0.136. The quantitative estimate of drug-likeness (QED) is 0.277. The molecular weight excluding hydrogens is 493 g/mol. The fraction of sp³-hybridized carbons (Fsp3) is 0.333. The fourth-order valence-electron chi connectivity index (χ4n) is 4.14. The molecule has 0 bridgehead atoms. The number of aliphatic carboxylic acids is 1. The van der Waals surface area contributed by atoms with Crippen molar-refractivity contribution in [2.45, 2.75) is 59.6 Å². The standard InChI is InChI=1S/C30H33ClFNO4/c1-18(2)13-27(23-8-11-26(32)20(4)15-23)33-30(36)24-16-21(6-7-22(24)9-12-29(34)35)17-37-28-14-19(3)5-10-25(28)31/h5-8,10-11,14-16,18,27H,9,12-13,17H2,1-4H3,(H,33,36)(H,34,35). The number of carboxylic acids is 1. The van der Waals surface area contributed by atoms with Crippen molar-refractivity contribution in [3.05, 3.63) is 98.8 Å². The normalized spacial score (nSPS) is 11.9. The number of nitrogens with one attached hydrogen (secondary N) is 1. The summed E-state index contributed by atoms with van der Waals surface area (Å²) in [5.41, 5.74) is 4.12. The molecule has 5 nitrogen and oxygen atoms in total. The van der Waals surface area contributed by atoms with Crippen molar-refractivity contribution in [1.82, 2.24) is 5.32 Å². The highest BCUT2D eigenvalue weighted by molar-refractivity contribution is 6.32. The zero-order valence-corrected chi connectivity index (χ0v) is 22.4. The number of carbonyl (C=O) groups excluding carboxylic acids is 1. The second kappa shape index (κ2) is 12.7. The minimum absolute atomic E-state index is 0.0956. The number of ether oxygens (including phenoxy) is 1. The van der Waals surface area contributed by atoms with Crippen LogP contribution in [0.5, 0.6) is 5.75 Å². The molecule has 1 amide bonds. The van der Waals surface area contributed by atoms with E-state index < -0.39 is 5.97 Å². The molecule has 0 saturated heterocycles. The molecule has 2 N–H and O–H groups in total. The Labute approximate surface area is 222 Å². The van der Waals surface area contributed by atoms with Crippen molar-refractivity contribution in [2.24, 2.45) is 5.92 Å². The van der Waals surface area contributed by atoms with Crippen LogP contribution in [0.15, 0.2) is 54.6 Å². The van der Waals surface area contributed by atoms with Gasteiger partial charge >= 0.3 is 5.97 Å². The fourth-order valence-corrected chi connectivity index (χ4v) is 4.31. The molecule has 7 heteroatoms. The van der Waals surface area contributed by atoms with Crippen LogP contribution in [0.25, 0.3) is 0 Å². The van der Waals surface area contributed by atoms with Gasteiger partial charge in [-0.25, -0.2) is 4.39 Å². The summed E-state index contributed by atoms with van der Waals surface area (Å²) in [6.45, 7) is 7.94. The summed E-state index contributed by atoms with van der Waals surface area (Å²) in [6.07, 6.45) is 0.783. The molecular formula is C30H33ClFNO4.